The van der Waals surface area contributed by atoms with Crippen molar-refractivity contribution in [2.45, 2.75) is 25.8 Å². The van der Waals surface area contributed by atoms with Crippen LogP contribution in [-0.4, -0.2) is 19.1 Å². The van der Waals surface area contributed by atoms with Gasteiger partial charge in [0.1, 0.15) is 0 Å². The summed E-state index contributed by atoms with van der Waals surface area (Å²) in [4.78, 5) is 0. The molecule has 0 atom stereocenters. The monoisotopic (exact) mass is 196 g/mol. The summed E-state index contributed by atoms with van der Waals surface area (Å²) >= 11 is 1.79. The summed E-state index contributed by atoms with van der Waals surface area (Å²) in [6, 6.07) is 2.98. The summed E-state index contributed by atoms with van der Waals surface area (Å²) in [7, 11) is 0. The lowest BCUT2D eigenvalue weighted by Gasteiger charge is -2.05. The molecule has 0 radical (unpaired) electrons. The van der Waals surface area contributed by atoms with E-state index in [-0.39, 0.29) is 0 Å². The quantitative estimate of drug-likeness (QED) is 0.706. The van der Waals surface area contributed by atoms with E-state index in [9.17, 15) is 0 Å². The van der Waals surface area contributed by atoms with E-state index in [0.29, 0.717) is 0 Å². The molecule has 0 saturated heterocycles. The molecule has 0 unspecified atom stereocenters. The molecule has 0 aliphatic heterocycles. The predicted octanol–water partition coefficient (Wildman–Crippen LogP) is 2.22. The zero-order valence-electron chi connectivity index (χ0n) is 7.97. The van der Waals surface area contributed by atoms with E-state index in [1.807, 2.05) is 0 Å². The van der Waals surface area contributed by atoms with E-state index in [1.165, 1.54) is 23.4 Å². The molecule has 1 aromatic rings. The predicted molar refractivity (Wildman–Crippen MR) is 58.6 cm³/mol. The Kier molecular flexibility index (Phi) is 2.86. The summed E-state index contributed by atoms with van der Waals surface area (Å²) in [5, 5.41) is 10.4. The molecule has 13 heavy (non-hydrogen) atoms. The molecule has 2 N–H and O–H groups in total. The number of aryl methyl sites for hydroxylation is 1. The van der Waals surface area contributed by atoms with Crippen molar-refractivity contribution >= 4 is 16.3 Å². The first kappa shape index (κ1) is 9.03. The Morgan fingerprint density at radius 3 is 2.92 bits per heavy atom. The fourth-order valence-corrected chi connectivity index (χ4v) is 2.14. The second-order valence-corrected chi connectivity index (χ2v) is 4.50. The van der Waals surface area contributed by atoms with Gasteiger partial charge in [-0.15, -0.1) is 11.3 Å². The Labute approximate surface area is 83.4 Å². The SMILES string of the molecule is Cc1ccsc1NCCNC1CC1. The summed E-state index contributed by atoms with van der Waals surface area (Å²) in [5.41, 5.74) is 1.36. The second kappa shape index (κ2) is 4.11. The van der Waals surface area contributed by atoms with E-state index in [4.69, 9.17) is 0 Å². The molecule has 3 heteroatoms. The fourth-order valence-electron chi connectivity index (χ4n) is 1.29. The minimum absolute atomic E-state index is 0.825. The number of nitrogens with one attached hydrogen (secondary N) is 2. The highest BCUT2D eigenvalue weighted by Crippen LogP contribution is 2.21. The molecular formula is C10H16N2S. The number of hydrogen-bond acceptors (Lipinski definition) is 3. The Morgan fingerprint density at radius 2 is 2.31 bits per heavy atom. The van der Waals surface area contributed by atoms with Crippen molar-refractivity contribution in [1.82, 2.24) is 5.32 Å². The summed E-state index contributed by atoms with van der Waals surface area (Å²) in [6.45, 7) is 4.27. The number of hydrogen-bond donors (Lipinski definition) is 2. The average Bonchev–Trinajstić information content (AvgIpc) is 2.86. The number of rotatable bonds is 5. The van der Waals surface area contributed by atoms with Crippen molar-refractivity contribution in [2.24, 2.45) is 0 Å². The van der Waals surface area contributed by atoms with E-state index in [2.05, 4.69) is 29.0 Å². The van der Waals surface area contributed by atoms with E-state index in [1.54, 1.807) is 11.3 Å². The van der Waals surface area contributed by atoms with Gasteiger partial charge in [0.15, 0.2) is 0 Å². The lowest BCUT2D eigenvalue weighted by atomic mass is 10.4. The van der Waals surface area contributed by atoms with E-state index >= 15 is 0 Å². The van der Waals surface area contributed by atoms with Gasteiger partial charge in [-0.3, -0.25) is 0 Å². The molecule has 0 amide bonds. The molecule has 1 heterocycles. The lowest BCUT2D eigenvalue weighted by molar-refractivity contribution is 0.702. The molecule has 2 rings (SSSR count). The van der Waals surface area contributed by atoms with Crippen molar-refractivity contribution < 1.29 is 0 Å². The van der Waals surface area contributed by atoms with Crippen LogP contribution in [0.4, 0.5) is 5.00 Å². The van der Waals surface area contributed by atoms with Crippen molar-refractivity contribution in [3.05, 3.63) is 17.0 Å². The number of thiophene rings is 1. The Hall–Kier alpha value is -0.540. The zero-order valence-corrected chi connectivity index (χ0v) is 8.79. The van der Waals surface area contributed by atoms with Gasteiger partial charge in [-0.05, 0) is 36.8 Å². The standard InChI is InChI=1S/C10H16N2S/c1-8-4-7-13-10(8)12-6-5-11-9-2-3-9/h4,7,9,11-12H,2-3,5-6H2,1H3. The molecule has 72 valence electrons. The van der Waals surface area contributed by atoms with Crippen LogP contribution in [0.25, 0.3) is 0 Å². The third-order valence-electron chi connectivity index (χ3n) is 2.28. The van der Waals surface area contributed by atoms with Gasteiger partial charge < -0.3 is 10.6 Å². The highest BCUT2D eigenvalue weighted by Gasteiger charge is 2.19. The smallest absolute Gasteiger partial charge is 0.0912 e. The molecule has 1 aliphatic carbocycles. The van der Waals surface area contributed by atoms with Crippen molar-refractivity contribution in [3.8, 4) is 0 Å². The largest absolute Gasteiger partial charge is 0.375 e. The van der Waals surface area contributed by atoms with Crippen LogP contribution in [0.15, 0.2) is 11.4 Å². The van der Waals surface area contributed by atoms with Crippen LogP contribution < -0.4 is 10.6 Å². The number of anilines is 1. The second-order valence-electron chi connectivity index (χ2n) is 3.59. The van der Waals surface area contributed by atoms with E-state index in [0.717, 1.165) is 19.1 Å². The molecule has 1 aliphatic rings. The van der Waals surface area contributed by atoms with Crippen molar-refractivity contribution in [3.63, 3.8) is 0 Å². The first-order valence-electron chi connectivity index (χ1n) is 4.87. The van der Waals surface area contributed by atoms with Crippen LogP contribution in [0.3, 0.4) is 0 Å². The molecule has 0 bridgehead atoms. The summed E-state index contributed by atoms with van der Waals surface area (Å²) in [5.74, 6) is 0. The third-order valence-corrected chi connectivity index (χ3v) is 3.26. The van der Waals surface area contributed by atoms with Gasteiger partial charge in [0.05, 0.1) is 5.00 Å². The summed E-state index contributed by atoms with van der Waals surface area (Å²) < 4.78 is 0. The molecular weight excluding hydrogens is 180 g/mol. The molecule has 2 nitrogen and oxygen atoms in total. The first-order chi connectivity index (χ1) is 6.36. The normalized spacial score (nSPS) is 16.1. The Morgan fingerprint density at radius 1 is 1.46 bits per heavy atom. The van der Waals surface area contributed by atoms with Gasteiger partial charge in [-0.2, -0.15) is 0 Å². The lowest BCUT2D eigenvalue weighted by Crippen LogP contribution is -2.23. The first-order valence-corrected chi connectivity index (χ1v) is 5.75. The fraction of sp³-hybridized carbons (Fsp3) is 0.600. The van der Waals surface area contributed by atoms with Gasteiger partial charge in [0, 0.05) is 19.1 Å². The third kappa shape index (κ3) is 2.71. The van der Waals surface area contributed by atoms with Crippen LogP contribution in [0.1, 0.15) is 18.4 Å². The van der Waals surface area contributed by atoms with Gasteiger partial charge in [-0.25, -0.2) is 0 Å². The Balaban J connectivity index is 1.64. The van der Waals surface area contributed by atoms with Crippen LogP contribution in [0.5, 0.6) is 0 Å². The van der Waals surface area contributed by atoms with Crippen LogP contribution in [0, 0.1) is 6.92 Å². The molecule has 1 aromatic heterocycles. The highest BCUT2D eigenvalue weighted by atomic mass is 32.1. The molecule has 0 spiro atoms. The van der Waals surface area contributed by atoms with Crippen LogP contribution in [0.2, 0.25) is 0 Å². The molecule has 1 saturated carbocycles. The van der Waals surface area contributed by atoms with Gasteiger partial charge >= 0.3 is 0 Å². The minimum atomic E-state index is 0.825. The zero-order chi connectivity index (χ0) is 9.10. The topological polar surface area (TPSA) is 24.1 Å². The maximum Gasteiger partial charge on any atom is 0.0912 e. The maximum absolute atomic E-state index is 3.48. The molecule has 1 fully saturated rings. The molecule has 0 aromatic carbocycles. The van der Waals surface area contributed by atoms with Gasteiger partial charge in [0.25, 0.3) is 0 Å². The van der Waals surface area contributed by atoms with Crippen molar-refractivity contribution in [1.29, 1.82) is 0 Å². The van der Waals surface area contributed by atoms with Gasteiger partial charge in [-0.1, -0.05) is 0 Å². The van der Waals surface area contributed by atoms with Gasteiger partial charge in [0.2, 0.25) is 0 Å². The highest BCUT2D eigenvalue weighted by molar-refractivity contribution is 7.14. The van der Waals surface area contributed by atoms with Crippen molar-refractivity contribution in [2.75, 3.05) is 18.4 Å². The minimum Gasteiger partial charge on any atom is -0.375 e. The maximum atomic E-state index is 3.48. The van der Waals surface area contributed by atoms with Crippen LogP contribution in [-0.2, 0) is 0 Å². The Bertz CT molecular complexity index is 266. The summed E-state index contributed by atoms with van der Waals surface area (Å²) in [6.07, 6.45) is 2.75. The van der Waals surface area contributed by atoms with E-state index < -0.39 is 0 Å². The van der Waals surface area contributed by atoms with Crippen LogP contribution >= 0.6 is 11.3 Å². The average molecular weight is 196 g/mol.